The number of carbonyl (C=O) groups is 1. The first kappa shape index (κ1) is 12.8. The van der Waals surface area contributed by atoms with Gasteiger partial charge < -0.3 is 0 Å². The Morgan fingerprint density at radius 2 is 1.80 bits per heavy atom. The minimum atomic E-state index is -4.95. The standard InChI is InChI=1S/C8H2BrCl2F3O/c9-5-4(10)2-1-3(6(5)11)7(15)8(12,13)14/h1-2H. The zero-order valence-electron chi connectivity index (χ0n) is 6.83. The maximum atomic E-state index is 12.1. The molecule has 0 aliphatic carbocycles. The number of alkyl halides is 3. The van der Waals surface area contributed by atoms with E-state index in [9.17, 15) is 18.0 Å². The largest absolute Gasteiger partial charge is 0.454 e. The van der Waals surface area contributed by atoms with E-state index in [1.165, 1.54) is 0 Å². The molecule has 0 heterocycles. The van der Waals surface area contributed by atoms with Crippen molar-refractivity contribution in [1.82, 2.24) is 0 Å². The second-order valence-electron chi connectivity index (χ2n) is 2.55. The fourth-order valence-electron chi connectivity index (χ4n) is 0.854. The fourth-order valence-corrected chi connectivity index (χ4v) is 1.66. The van der Waals surface area contributed by atoms with Crippen molar-refractivity contribution in [3.63, 3.8) is 0 Å². The topological polar surface area (TPSA) is 17.1 Å². The number of benzene rings is 1. The zero-order chi connectivity index (χ0) is 11.8. The summed E-state index contributed by atoms with van der Waals surface area (Å²) in [5.74, 6) is -2.00. The molecule has 82 valence electrons. The Morgan fingerprint density at radius 3 is 2.27 bits per heavy atom. The maximum absolute atomic E-state index is 12.1. The second-order valence-corrected chi connectivity index (χ2v) is 4.13. The number of hydrogen-bond acceptors (Lipinski definition) is 1. The summed E-state index contributed by atoms with van der Waals surface area (Å²) in [5, 5.41) is -0.205. The van der Waals surface area contributed by atoms with Crippen LogP contribution in [0.15, 0.2) is 16.6 Å². The van der Waals surface area contributed by atoms with Crippen LogP contribution in [0.2, 0.25) is 10.0 Å². The summed E-state index contributed by atoms with van der Waals surface area (Å²) >= 11 is 14.0. The zero-order valence-corrected chi connectivity index (χ0v) is 9.93. The third kappa shape index (κ3) is 2.65. The number of Topliss-reactive ketones (excluding diaryl/α,β-unsaturated/α-hetero) is 1. The third-order valence-corrected chi connectivity index (χ3v) is 3.53. The van der Waals surface area contributed by atoms with Crippen LogP contribution in [0.1, 0.15) is 10.4 Å². The number of hydrogen-bond donors (Lipinski definition) is 0. The van der Waals surface area contributed by atoms with Gasteiger partial charge in [-0.25, -0.2) is 0 Å². The van der Waals surface area contributed by atoms with Crippen molar-refractivity contribution in [2.24, 2.45) is 0 Å². The highest BCUT2D eigenvalue weighted by Crippen LogP contribution is 2.35. The van der Waals surface area contributed by atoms with Crippen LogP contribution < -0.4 is 0 Å². The van der Waals surface area contributed by atoms with Crippen molar-refractivity contribution >= 4 is 44.9 Å². The van der Waals surface area contributed by atoms with E-state index in [0.717, 1.165) is 12.1 Å². The number of carbonyl (C=O) groups excluding carboxylic acids is 1. The summed E-state index contributed by atoms with van der Waals surface area (Å²) in [7, 11) is 0. The quantitative estimate of drug-likeness (QED) is 0.550. The molecular weight excluding hydrogens is 320 g/mol. The van der Waals surface area contributed by atoms with Crippen molar-refractivity contribution in [2.45, 2.75) is 6.18 Å². The van der Waals surface area contributed by atoms with E-state index in [1.807, 2.05) is 0 Å². The number of halogens is 6. The Labute approximate surface area is 101 Å². The number of rotatable bonds is 1. The summed E-state index contributed by atoms with van der Waals surface area (Å²) in [4.78, 5) is 10.9. The molecule has 0 radical (unpaired) electrons. The summed E-state index contributed by atoms with van der Waals surface area (Å²) < 4.78 is 36.3. The third-order valence-electron chi connectivity index (χ3n) is 1.54. The van der Waals surface area contributed by atoms with Gasteiger partial charge in [0.15, 0.2) is 0 Å². The Hall–Kier alpha value is -0.260. The van der Waals surface area contributed by atoms with Crippen LogP contribution in [-0.4, -0.2) is 12.0 Å². The molecule has 0 N–H and O–H groups in total. The van der Waals surface area contributed by atoms with Gasteiger partial charge in [-0.3, -0.25) is 4.79 Å². The Bertz CT molecular complexity index is 417. The fraction of sp³-hybridized carbons (Fsp3) is 0.125. The molecule has 0 aliphatic heterocycles. The predicted molar refractivity (Wildman–Crippen MR) is 54.5 cm³/mol. The van der Waals surface area contributed by atoms with Crippen LogP contribution in [0.3, 0.4) is 0 Å². The number of ketones is 1. The highest BCUT2D eigenvalue weighted by atomic mass is 79.9. The van der Waals surface area contributed by atoms with E-state index in [2.05, 4.69) is 15.9 Å². The molecule has 0 spiro atoms. The van der Waals surface area contributed by atoms with Gasteiger partial charge in [-0.05, 0) is 28.1 Å². The Morgan fingerprint density at radius 1 is 1.27 bits per heavy atom. The normalized spacial score (nSPS) is 11.6. The van der Waals surface area contributed by atoms with Crippen LogP contribution in [0, 0.1) is 0 Å². The first-order chi connectivity index (χ1) is 6.75. The minimum Gasteiger partial charge on any atom is -0.284 e. The lowest BCUT2D eigenvalue weighted by atomic mass is 10.1. The van der Waals surface area contributed by atoms with Crippen molar-refractivity contribution in [3.8, 4) is 0 Å². The van der Waals surface area contributed by atoms with Crippen LogP contribution in [0.25, 0.3) is 0 Å². The first-order valence-corrected chi connectivity index (χ1v) is 5.05. The minimum absolute atomic E-state index is 0.0703. The highest BCUT2D eigenvalue weighted by molar-refractivity contribution is 9.10. The van der Waals surface area contributed by atoms with E-state index in [4.69, 9.17) is 23.2 Å². The monoisotopic (exact) mass is 320 g/mol. The first-order valence-electron chi connectivity index (χ1n) is 3.50. The van der Waals surface area contributed by atoms with Gasteiger partial charge in [0.2, 0.25) is 0 Å². The van der Waals surface area contributed by atoms with Gasteiger partial charge in [-0.2, -0.15) is 13.2 Å². The molecule has 0 saturated carbocycles. The van der Waals surface area contributed by atoms with E-state index in [1.54, 1.807) is 0 Å². The molecule has 0 bridgehead atoms. The van der Waals surface area contributed by atoms with Gasteiger partial charge in [0.25, 0.3) is 5.78 Å². The van der Waals surface area contributed by atoms with Gasteiger partial charge in [0, 0.05) is 5.56 Å². The molecule has 0 unspecified atom stereocenters. The molecule has 7 heteroatoms. The summed E-state index contributed by atoms with van der Waals surface area (Å²) in [6.45, 7) is 0. The molecule has 0 aromatic heterocycles. The lowest BCUT2D eigenvalue weighted by Gasteiger charge is -2.08. The van der Waals surface area contributed by atoms with Gasteiger partial charge in [0.1, 0.15) is 0 Å². The van der Waals surface area contributed by atoms with Crippen molar-refractivity contribution in [1.29, 1.82) is 0 Å². The van der Waals surface area contributed by atoms with Crippen LogP contribution in [0.4, 0.5) is 13.2 Å². The molecule has 15 heavy (non-hydrogen) atoms. The van der Waals surface area contributed by atoms with Gasteiger partial charge in [-0.1, -0.05) is 23.2 Å². The van der Waals surface area contributed by atoms with Crippen molar-refractivity contribution in [2.75, 3.05) is 0 Å². The molecule has 1 rings (SSSR count). The van der Waals surface area contributed by atoms with Gasteiger partial charge in [0.05, 0.1) is 14.5 Å². The van der Waals surface area contributed by atoms with E-state index in [-0.39, 0.29) is 14.5 Å². The lowest BCUT2D eigenvalue weighted by Crippen LogP contribution is -2.23. The Balaban J connectivity index is 3.29. The molecule has 0 atom stereocenters. The molecule has 0 amide bonds. The van der Waals surface area contributed by atoms with Crippen molar-refractivity contribution in [3.05, 3.63) is 32.2 Å². The van der Waals surface area contributed by atoms with E-state index in [0.29, 0.717) is 0 Å². The van der Waals surface area contributed by atoms with Crippen molar-refractivity contribution < 1.29 is 18.0 Å². The summed E-state index contributed by atoms with van der Waals surface area (Å²) in [6.07, 6.45) is -4.95. The molecule has 0 aliphatic rings. The van der Waals surface area contributed by atoms with E-state index >= 15 is 0 Å². The average molecular weight is 322 g/mol. The van der Waals surface area contributed by atoms with Gasteiger partial charge in [-0.15, -0.1) is 0 Å². The summed E-state index contributed by atoms with van der Waals surface area (Å²) in [6, 6.07) is 2.10. The van der Waals surface area contributed by atoms with E-state index < -0.39 is 17.5 Å². The maximum Gasteiger partial charge on any atom is 0.454 e. The van der Waals surface area contributed by atoms with Crippen LogP contribution in [0.5, 0.6) is 0 Å². The van der Waals surface area contributed by atoms with Gasteiger partial charge >= 0.3 is 6.18 Å². The molecule has 1 aromatic rings. The van der Waals surface area contributed by atoms with Crippen LogP contribution in [-0.2, 0) is 0 Å². The SMILES string of the molecule is O=C(c1ccc(Cl)c(Br)c1Cl)C(F)(F)F. The average Bonchev–Trinajstić information content (AvgIpc) is 2.12. The molecular formula is C8H2BrCl2F3O. The lowest BCUT2D eigenvalue weighted by molar-refractivity contribution is -0.0885. The second kappa shape index (κ2) is 4.31. The molecule has 0 fully saturated rings. The molecule has 0 saturated heterocycles. The highest BCUT2D eigenvalue weighted by Gasteiger charge is 2.40. The summed E-state index contributed by atoms with van der Waals surface area (Å²) in [5.41, 5.74) is -0.625. The smallest absolute Gasteiger partial charge is 0.284 e. The molecule has 1 aromatic carbocycles. The van der Waals surface area contributed by atoms with Crippen LogP contribution >= 0.6 is 39.1 Å². The molecule has 1 nitrogen and oxygen atoms in total. The Kier molecular flexibility index (Phi) is 3.68. The predicted octanol–water partition coefficient (Wildman–Crippen LogP) is 4.50.